The Morgan fingerprint density at radius 1 is 1.21 bits per heavy atom. The van der Waals surface area contributed by atoms with E-state index < -0.39 is 11.4 Å². The van der Waals surface area contributed by atoms with Crippen molar-refractivity contribution in [3.05, 3.63) is 35.9 Å². The Labute approximate surface area is 142 Å². The predicted octanol–water partition coefficient (Wildman–Crippen LogP) is 1.94. The quantitative estimate of drug-likeness (QED) is 0.780. The van der Waals surface area contributed by atoms with Crippen LogP contribution in [0.2, 0.25) is 0 Å². The SMILES string of the molecule is CC(C)(CC(=O)N[C@@H]1CCN(C(N)=O)C1)CC(=O)c1ccccc1. The van der Waals surface area contributed by atoms with E-state index in [9.17, 15) is 14.4 Å². The molecule has 2 rings (SSSR count). The third-order valence-corrected chi connectivity index (χ3v) is 4.24. The molecule has 0 unspecified atom stereocenters. The van der Waals surface area contributed by atoms with Gasteiger partial charge in [-0.3, -0.25) is 9.59 Å². The Bertz CT molecular complexity index is 613. The number of Topliss-reactive ketones (excluding diaryl/α,β-unsaturated/α-hetero) is 1. The first kappa shape index (κ1) is 18.0. The van der Waals surface area contributed by atoms with Gasteiger partial charge in [-0.2, -0.15) is 0 Å². The number of rotatable bonds is 6. The lowest BCUT2D eigenvalue weighted by atomic mass is 9.82. The summed E-state index contributed by atoms with van der Waals surface area (Å²) in [6, 6.07) is 8.58. The number of likely N-dealkylation sites (tertiary alicyclic amines) is 1. The number of benzene rings is 1. The molecule has 3 N–H and O–H groups in total. The van der Waals surface area contributed by atoms with Crippen LogP contribution in [0.15, 0.2) is 30.3 Å². The largest absolute Gasteiger partial charge is 0.352 e. The second-order valence-corrected chi connectivity index (χ2v) is 7.14. The summed E-state index contributed by atoms with van der Waals surface area (Å²) in [6.45, 7) is 4.84. The number of carbonyl (C=O) groups excluding carboxylic acids is 3. The Morgan fingerprint density at radius 2 is 1.88 bits per heavy atom. The summed E-state index contributed by atoms with van der Waals surface area (Å²) in [5.74, 6) is -0.0636. The van der Waals surface area contributed by atoms with Crippen molar-refractivity contribution in [3.8, 4) is 0 Å². The van der Waals surface area contributed by atoms with E-state index >= 15 is 0 Å². The van der Waals surface area contributed by atoms with Gasteiger partial charge in [0.15, 0.2) is 5.78 Å². The molecule has 1 saturated heterocycles. The molecule has 6 heteroatoms. The number of ketones is 1. The van der Waals surface area contributed by atoms with Crippen LogP contribution in [0, 0.1) is 5.41 Å². The molecule has 0 saturated carbocycles. The Morgan fingerprint density at radius 3 is 2.46 bits per heavy atom. The maximum Gasteiger partial charge on any atom is 0.314 e. The van der Waals surface area contributed by atoms with E-state index in [-0.39, 0.29) is 24.2 Å². The normalized spacial score (nSPS) is 17.6. The summed E-state index contributed by atoms with van der Waals surface area (Å²) < 4.78 is 0. The average molecular weight is 331 g/mol. The van der Waals surface area contributed by atoms with Crippen LogP contribution in [-0.4, -0.2) is 41.8 Å². The number of nitrogens with one attached hydrogen (secondary N) is 1. The molecule has 0 bridgehead atoms. The molecule has 1 heterocycles. The molecule has 1 aromatic carbocycles. The standard InChI is InChI=1S/C18H25N3O3/c1-18(2,10-15(22)13-6-4-3-5-7-13)11-16(23)20-14-8-9-21(12-14)17(19)24/h3-7,14H,8-12H2,1-2H3,(H2,19,24)(H,20,23)/t14-/m1/s1. The van der Waals surface area contributed by atoms with Crippen LogP contribution in [0.5, 0.6) is 0 Å². The van der Waals surface area contributed by atoms with Gasteiger partial charge in [-0.15, -0.1) is 0 Å². The van der Waals surface area contributed by atoms with Crippen molar-refractivity contribution in [3.63, 3.8) is 0 Å². The molecule has 1 aliphatic heterocycles. The number of primary amides is 1. The molecule has 6 nitrogen and oxygen atoms in total. The summed E-state index contributed by atoms with van der Waals surface area (Å²) in [6.07, 6.45) is 1.28. The van der Waals surface area contributed by atoms with Crippen LogP contribution in [-0.2, 0) is 4.79 Å². The fourth-order valence-electron chi connectivity index (χ4n) is 3.01. The zero-order chi connectivity index (χ0) is 17.7. The Kier molecular flexibility index (Phi) is 5.59. The minimum atomic E-state index is -0.458. The zero-order valence-corrected chi connectivity index (χ0v) is 14.2. The number of hydrogen-bond donors (Lipinski definition) is 2. The van der Waals surface area contributed by atoms with Crippen molar-refractivity contribution >= 4 is 17.7 Å². The van der Waals surface area contributed by atoms with Crippen LogP contribution in [0.3, 0.4) is 0 Å². The smallest absolute Gasteiger partial charge is 0.314 e. The fraction of sp³-hybridized carbons (Fsp3) is 0.500. The van der Waals surface area contributed by atoms with E-state index in [1.807, 2.05) is 32.0 Å². The molecule has 0 aliphatic carbocycles. The highest BCUT2D eigenvalue weighted by molar-refractivity contribution is 5.96. The first-order valence-corrected chi connectivity index (χ1v) is 8.19. The monoisotopic (exact) mass is 331 g/mol. The van der Waals surface area contributed by atoms with Crippen LogP contribution in [0.1, 0.15) is 43.5 Å². The van der Waals surface area contributed by atoms with E-state index in [4.69, 9.17) is 5.73 Å². The van der Waals surface area contributed by atoms with Crippen LogP contribution < -0.4 is 11.1 Å². The molecule has 130 valence electrons. The van der Waals surface area contributed by atoms with Gasteiger partial charge in [0.1, 0.15) is 0 Å². The van der Waals surface area contributed by atoms with Gasteiger partial charge >= 0.3 is 6.03 Å². The van der Waals surface area contributed by atoms with Crippen LogP contribution in [0.25, 0.3) is 0 Å². The second kappa shape index (κ2) is 7.47. The van der Waals surface area contributed by atoms with E-state index in [0.29, 0.717) is 31.5 Å². The number of hydrogen-bond acceptors (Lipinski definition) is 3. The molecule has 1 aromatic rings. The number of carbonyl (C=O) groups is 3. The van der Waals surface area contributed by atoms with Crippen LogP contribution in [0.4, 0.5) is 4.79 Å². The number of urea groups is 1. The highest BCUT2D eigenvalue weighted by atomic mass is 16.2. The summed E-state index contributed by atoms with van der Waals surface area (Å²) in [7, 11) is 0. The van der Waals surface area contributed by atoms with Gasteiger partial charge < -0.3 is 16.0 Å². The second-order valence-electron chi connectivity index (χ2n) is 7.14. The van der Waals surface area contributed by atoms with E-state index in [1.54, 1.807) is 12.1 Å². The van der Waals surface area contributed by atoms with Gasteiger partial charge in [-0.1, -0.05) is 44.2 Å². The van der Waals surface area contributed by atoms with Gasteiger partial charge in [0.25, 0.3) is 0 Å². The zero-order valence-electron chi connectivity index (χ0n) is 14.2. The maximum absolute atomic E-state index is 12.3. The van der Waals surface area contributed by atoms with E-state index in [0.717, 1.165) is 0 Å². The van der Waals surface area contributed by atoms with E-state index in [2.05, 4.69) is 5.32 Å². The molecule has 1 atom stereocenters. The molecule has 1 aliphatic rings. The van der Waals surface area contributed by atoms with Gasteiger partial charge in [0.2, 0.25) is 5.91 Å². The van der Waals surface area contributed by atoms with Gasteiger partial charge in [-0.05, 0) is 11.8 Å². The van der Waals surface area contributed by atoms with Gasteiger partial charge in [0, 0.05) is 37.5 Å². The van der Waals surface area contributed by atoms with Crippen molar-refractivity contribution < 1.29 is 14.4 Å². The first-order valence-electron chi connectivity index (χ1n) is 8.19. The summed E-state index contributed by atoms with van der Waals surface area (Å²) in [5, 5.41) is 2.93. The molecule has 0 aromatic heterocycles. The lowest BCUT2D eigenvalue weighted by molar-refractivity contribution is -0.123. The molecular weight excluding hydrogens is 306 g/mol. The number of nitrogens with zero attached hydrogens (tertiary/aromatic N) is 1. The average Bonchev–Trinajstić information content (AvgIpc) is 2.95. The molecule has 3 amide bonds. The molecular formula is C18H25N3O3. The lowest BCUT2D eigenvalue weighted by Gasteiger charge is -2.24. The van der Waals surface area contributed by atoms with Crippen molar-refractivity contribution in [1.29, 1.82) is 0 Å². The van der Waals surface area contributed by atoms with Crippen molar-refractivity contribution in [1.82, 2.24) is 10.2 Å². The Hall–Kier alpha value is -2.37. The molecule has 1 fully saturated rings. The van der Waals surface area contributed by atoms with Gasteiger partial charge in [-0.25, -0.2) is 4.79 Å². The van der Waals surface area contributed by atoms with Crippen molar-refractivity contribution in [2.45, 2.75) is 39.2 Å². The number of amides is 3. The summed E-state index contributed by atoms with van der Waals surface area (Å²) >= 11 is 0. The molecule has 24 heavy (non-hydrogen) atoms. The topological polar surface area (TPSA) is 92.5 Å². The van der Waals surface area contributed by atoms with Crippen molar-refractivity contribution in [2.75, 3.05) is 13.1 Å². The lowest BCUT2D eigenvalue weighted by Crippen LogP contribution is -2.41. The molecule has 0 radical (unpaired) electrons. The fourth-order valence-corrected chi connectivity index (χ4v) is 3.01. The van der Waals surface area contributed by atoms with Crippen LogP contribution >= 0.6 is 0 Å². The minimum absolute atomic E-state index is 0.0363. The third-order valence-electron chi connectivity index (χ3n) is 4.24. The van der Waals surface area contributed by atoms with Crippen molar-refractivity contribution in [2.24, 2.45) is 11.1 Å². The third kappa shape index (κ3) is 5.08. The highest BCUT2D eigenvalue weighted by Crippen LogP contribution is 2.27. The first-order chi connectivity index (χ1) is 11.3. The number of nitrogens with two attached hydrogens (primary N) is 1. The van der Waals surface area contributed by atoms with Gasteiger partial charge in [0.05, 0.1) is 0 Å². The summed E-state index contributed by atoms with van der Waals surface area (Å²) in [5.41, 5.74) is 5.47. The Balaban J connectivity index is 1.84. The highest BCUT2D eigenvalue weighted by Gasteiger charge is 2.29. The maximum atomic E-state index is 12.3. The van der Waals surface area contributed by atoms with E-state index in [1.165, 1.54) is 4.90 Å². The predicted molar refractivity (Wildman–Crippen MR) is 91.5 cm³/mol. The molecule has 0 spiro atoms. The minimum Gasteiger partial charge on any atom is -0.352 e. The summed E-state index contributed by atoms with van der Waals surface area (Å²) in [4.78, 5) is 37.2.